The number of aromatic nitrogens is 2. The summed E-state index contributed by atoms with van der Waals surface area (Å²) in [5, 5.41) is 5.91. The molecule has 3 amide bonds. The molecule has 1 aromatic carbocycles. The Bertz CT molecular complexity index is 1160. The fraction of sp³-hybridized carbons (Fsp3) is 0.480. The minimum Gasteiger partial charge on any atom is -0.351 e. The molecular weight excluding hydrogens is 434 g/mol. The molecular formula is C25H29N5O4. The molecule has 0 radical (unpaired) electrons. The van der Waals surface area contributed by atoms with Gasteiger partial charge in [0, 0.05) is 23.3 Å². The lowest BCUT2D eigenvalue weighted by Crippen LogP contribution is -2.65. The van der Waals surface area contributed by atoms with E-state index in [2.05, 4.69) is 15.6 Å². The van der Waals surface area contributed by atoms with Crippen molar-refractivity contribution < 1.29 is 19.2 Å². The second-order valence-corrected chi connectivity index (χ2v) is 9.79. The van der Waals surface area contributed by atoms with Crippen molar-refractivity contribution in [2.24, 2.45) is 0 Å². The van der Waals surface area contributed by atoms with E-state index in [9.17, 15) is 19.2 Å². The number of ketones is 1. The Balaban J connectivity index is 1.41. The summed E-state index contributed by atoms with van der Waals surface area (Å²) in [5.41, 5.74) is 0.244. The number of nitrogens with zero attached hydrogens (tertiary/aromatic N) is 3. The summed E-state index contributed by atoms with van der Waals surface area (Å²) < 4.78 is 1.63. The van der Waals surface area contributed by atoms with Gasteiger partial charge in [0.05, 0.1) is 12.9 Å². The number of carbonyl (C=O) groups excluding carboxylic acids is 4. The minimum absolute atomic E-state index is 0.00878. The summed E-state index contributed by atoms with van der Waals surface area (Å²) in [6.45, 7) is 3.54. The first-order valence-corrected chi connectivity index (χ1v) is 11.9. The van der Waals surface area contributed by atoms with Crippen molar-refractivity contribution in [3.05, 3.63) is 47.5 Å². The molecule has 9 heteroatoms. The van der Waals surface area contributed by atoms with Crippen LogP contribution < -0.4 is 10.6 Å². The smallest absolute Gasteiger partial charge is 0.276 e. The topological polar surface area (TPSA) is 113 Å². The highest BCUT2D eigenvalue weighted by Crippen LogP contribution is 2.39. The Labute approximate surface area is 197 Å². The van der Waals surface area contributed by atoms with Gasteiger partial charge in [-0.15, -0.1) is 0 Å². The highest BCUT2D eigenvalue weighted by molar-refractivity contribution is 6.11. The van der Waals surface area contributed by atoms with E-state index in [1.807, 2.05) is 6.92 Å². The third kappa shape index (κ3) is 3.89. The minimum atomic E-state index is -1.04. The van der Waals surface area contributed by atoms with Crippen LogP contribution in [-0.2, 0) is 11.3 Å². The molecule has 9 nitrogen and oxygen atoms in total. The highest BCUT2D eigenvalue weighted by Gasteiger charge is 2.54. The third-order valence-corrected chi connectivity index (χ3v) is 7.12. The van der Waals surface area contributed by atoms with Crippen molar-refractivity contribution >= 4 is 29.2 Å². The molecule has 0 saturated heterocycles. The molecule has 1 unspecified atom stereocenters. The molecule has 0 spiro atoms. The van der Waals surface area contributed by atoms with Crippen LogP contribution in [0.5, 0.6) is 0 Å². The highest BCUT2D eigenvalue weighted by atomic mass is 16.2. The predicted octanol–water partition coefficient (Wildman–Crippen LogP) is 2.77. The Morgan fingerprint density at radius 1 is 1.06 bits per heavy atom. The number of imidazole rings is 1. The van der Waals surface area contributed by atoms with Crippen LogP contribution in [0.15, 0.2) is 30.6 Å². The van der Waals surface area contributed by atoms with Gasteiger partial charge < -0.3 is 20.1 Å². The van der Waals surface area contributed by atoms with E-state index in [1.54, 1.807) is 33.7 Å². The lowest BCUT2D eigenvalue weighted by molar-refractivity contribution is -0.134. The number of anilines is 1. The quantitative estimate of drug-likeness (QED) is 0.640. The van der Waals surface area contributed by atoms with E-state index in [0.29, 0.717) is 11.3 Å². The summed E-state index contributed by atoms with van der Waals surface area (Å²) in [5.74, 6) is -1.05. The molecule has 2 fully saturated rings. The predicted molar refractivity (Wildman–Crippen MR) is 125 cm³/mol. The number of carbonyl (C=O) groups is 4. The van der Waals surface area contributed by atoms with E-state index in [4.69, 9.17) is 0 Å². The van der Waals surface area contributed by atoms with Crippen LogP contribution in [0.25, 0.3) is 0 Å². The van der Waals surface area contributed by atoms with Gasteiger partial charge in [-0.1, -0.05) is 12.8 Å². The van der Waals surface area contributed by atoms with Crippen molar-refractivity contribution in [1.29, 1.82) is 0 Å². The molecule has 2 heterocycles. The van der Waals surface area contributed by atoms with Gasteiger partial charge in [-0.05, 0) is 63.8 Å². The molecule has 1 aromatic heterocycles. The van der Waals surface area contributed by atoms with E-state index < -0.39 is 11.4 Å². The van der Waals surface area contributed by atoms with Gasteiger partial charge in [0.25, 0.3) is 11.8 Å². The molecule has 2 aromatic rings. The molecule has 3 aliphatic rings. The lowest BCUT2D eigenvalue weighted by atomic mass is 9.93. The fourth-order valence-electron chi connectivity index (χ4n) is 5.11. The molecule has 5 rings (SSSR count). The van der Waals surface area contributed by atoms with Gasteiger partial charge in [-0.25, -0.2) is 4.98 Å². The van der Waals surface area contributed by atoms with Crippen LogP contribution in [0.2, 0.25) is 0 Å². The van der Waals surface area contributed by atoms with Crippen LogP contribution in [0, 0.1) is 0 Å². The summed E-state index contributed by atoms with van der Waals surface area (Å²) in [6, 6.07) is 6.69. The average molecular weight is 464 g/mol. The number of Topliss-reactive ketones (excluding diaryl/α,β-unsaturated/α-hetero) is 1. The van der Waals surface area contributed by atoms with Gasteiger partial charge >= 0.3 is 0 Å². The summed E-state index contributed by atoms with van der Waals surface area (Å²) >= 11 is 0. The number of hydrogen-bond acceptors (Lipinski definition) is 5. The van der Waals surface area contributed by atoms with Crippen LogP contribution in [0.1, 0.15) is 83.7 Å². The first kappa shape index (κ1) is 22.3. The van der Waals surface area contributed by atoms with Gasteiger partial charge in [-0.3, -0.25) is 19.2 Å². The number of benzene rings is 1. The normalized spacial score (nSPS) is 22.4. The Morgan fingerprint density at radius 2 is 1.74 bits per heavy atom. The van der Waals surface area contributed by atoms with Crippen molar-refractivity contribution in [2.75, 3.05) is 5.32 Å². The largest absolute Gasteiger partial charge is 0.351 e. The van der Waals surface area contributed by atoms with E-state index in [-0.39, 0.29) is 47.6 Å². The monoisotopic (exact) mass is 463 g/mol. The Morgan fingerprint density at radius 3 is 2.35 bits per heavy atom. The SMILES string of the molecule is CC(=O)c1ccc(NC(=O)c2ncn3c2C(=O)N(C2CC2)C(C)(C(=O)NC2CCCC2)C3)cc1. The maximum atomic E-state index is 13.7. The molecule has 178 valence electrons. The first-order valence-electron chi connectivity index (χ1n) is 11.9. The van der Waals surface area contributed by atoms with Crippen molar-refractivity contribution in [2.45, 2.75) is 76.5 Å². The molecule has 2 saturated carbocycles. The second-order valence-electron chi connectivity index (χ2n) is 9.79. The van der Waals surface area contributed by atoms with E-state index in [1.165, 1.54) is 13.3 Å². The molecule has 2 aliphatic carbocycles. The number of amides is 3. The summed E-state index contributed by atoms with van der Waals surface area (Å²) in [4.78, 5) is 57.5. The van der Waals surface area contributed by atoms with Gasteiger partial charge in [-0.2, -0.15) is 0 Å². The number of hydrogen-bond donors (Lipinski definition) is 2. The molecule has 1 atom stereocenters. The average Bonchev–Trinajstić information content (AvgIpc) is 3.31. The van der Waals surface area contributed by atoms with Crippen LogP contribution in [0.4, 0.5) is 5.69 Å². The number of nitrogens with one attached hydrogen (secondary N) is 2. The summed E-state index contributed by atoms with van der Waals surface area (Å²) in [7, 11) is 0. The van der Waals surface area contributed by atoms with Gasteiger partial charge in [0.2, 0.25) is 5.91 Å². The molecule has 2 N–H and O–H groups in total. The Hall–Kier alpha value is -3.49. The van der Waals surface area contributed by atoms with Crippen molar-refractivity contribution in [3.63, 3.8) is 0 Å². The van der Waals surface area contributed by atoms with E-state index in [0.717, 1.165) is 38.5 Å². The first-order chi connectivity index (χ1) is 16.3. The van der Waals surface area contributed by atoms with Crippen molar-refractivity contribution in [3.8, 4) is 0 Å². The third-order valence-electron chi connectivity index (χ3n) is 7.12. The maximum absolute atomic E-state index is 13.7. The zero-order chi connectivity index (χ0) is 24.0. The standard InChI is InChI=1S/C25H29N5O4/c1-15(31)16-7-9-18(10-8-16)27-22(32)20-21-23(33)30(19-11-12-19)25(2,13-29(21)14-26-20)24(34)28-17-5-3-4-6-17/h7-10,14,17,19H,3-6,11-13H2,1-2H3,(H,27,32)(H,28,34). The van der Waals surface area contributed by atoms with Gasteiger partial charge in [0.1, 0.15) is 11.2 Å². The summed E-state index contributed by atoms with van der Waals surface area (Å²) in [6.07, 6.45) is 7.29. The Kier molecular flexibility index (Phi) is 5.50. The zero-order valence-corrected chi connectivity index (χ0v) is 19.5. The zero-order valence-electron chi connectivity index (χ0n) is 19.5. The maximum Gasteiger partial charge on any atom is 0.276 e. The second kappa shape index (κ2) is 8.38. The molecule has 0 bridgehead atoms. The van der Waals surface area contributed by atoms with Crippen LogP contribution in [0.3, 0.4) is 0 Å². The lowest BCUT2D eigenvalue weighted by Gasteiger charge is -2.44. The number of rotatable bonds is 6. The van der Waals surface area contributed by atoms with Gasteiger partial charge in [0.15, 0.2) is 11.5 Å². The van der Waals surface area contributed by atoms with Crippen molar-refractivity contribution in [1.82, 2.24) is 19.8 Å². The van der Waals surface area contributed by atoms with Crippen LogP contribution >= 0.6 is 0 Å². The molecule has 34 heavy (non-hydrogen) atoms. The number of fused-ring (bicyclic) bond motifs is 1. The van der Waals surface area contributed by atoms with Crippen LogP contribution in [-0.4, -0.2) is 55.6 Å². The fourth-order valence-corrected chi connectivity index (χ4v) is 5.11. The molecule has 1 aliphatic heterocycles. The van der Waals surface area contributed by atoms with E-state index >= 15 is 0 Å².